The third kappa shape index (κ3) is 3.15. The average molecular weight is 423 g/mol. The van der Waals surface area contributed by atoms with E-state index in [4.69, 9.17) is 23.1 Å². The van der Waals surface area contributed by atoms with Crippen LogP contribution in [0.25, 0.3) is 16.7 Å². The first kappa shape index (κ1) is 19.2. The summed E-state index contributed by atoms with van der Waals surface area (Å²) in [6.07, 6.45) is 1.51. The molecule has 0 aliphatic carbocycles. The minimum Gasteiger partial charge on any atom is -0.382 e. The summed E-state index contributed by atoms with van der Waals surface area (Å²) in [5, 5.41) is 19.7. The van der Waals surface area contributed by atoms with Gasteiger partial charge in [0, 0.05) is 6.07 Å². The summed E-state index contributed by atoms with van der Waals surface area (Å²) in [5.74, 6) is 0.722. The Morgan fingerprint density at radius 2 is 2.07 bits per heavy atom. The molecule has 0 saturated carbocycles. The lowest BCUT2D eigenvalue weighted by Gasteiger charge is -2.20. The number of nitrogens with zero attached hydrogens (tertiary/aromatic N) is 6. The number of nitriles is 1. The van der Waals surface area contributed by atoms with Crippen LogP contribution >= 0.6 is 11.6 Å². The van der Waals surface area contributed by atoms with Gasteiger partial charge in [0.1, 0.15) is 29.1 Å². The average Bonchev–Trinajstić information content (AvgIpc) is 3.21. The molecule has 3 heterocycles. The Labute approximate surface area is 174 Å². The van der Waals surface area contributed by atoms with Crippen LogP contribution in [0.2, 0.25) is 5.02 Å². The maximum absolute atomic E-state index is 13.3. The fourth-order valence-electron chi connectivity index (χ4n) is 3.08. The first-order chi connectivity index (χ1) is 14.4. The van der Waals surface area contributed by atoms with Crippen molar-refractivity contribution in [3.05, 3.63) is 57.2 Å². The van der Waals surface area contributed by atoms with Crippen molar-refractivity contribution in [3.8, 4) is 11.9 Å². The SMILES string of the molecule is C[C@H](Nc1nc(N)nc(N)c1C#N)c1nc2cccc(Cl)c2c(=O)n1-c1ccn[nH]1. The molecule has 6 N–H and O–H groups in total. The van der Waals surface area contributed by atoms with Gasteiger partial charge in [-0.25, -0.2) is 9.55 Å². The number of rotatable bonds is 4. The van der Waals surface area contributed by atoms with Gasteiger partial charge in [-0.05, 0) is 19.1 Å². The number of halogens is 1. The van der Waals surface area contributed by atoms with Crippen LogP contribution in [0.3, 0.4) is 0 Å². The summed E-state index contributed by atoms with van der Waals surface area (Å²) < 4.78 is 1.36. The Kier molecular flexibility index (Phi) is 4.69. The van der Waals surface area contributed by atoms with Gasteiger partial charge in [-0.15, -0.1) is 0 Å². The number of fused-ring (bicyclic) bond motifs is 1. The number of aromatic nitrogens is 6. The summed E-state index contributed by atoms with van der Waals surface area (Å²) in [5.41, 5.74) is 11.5. The third-order valence-corrected chi connectivity index (χ3v) is 4.72. The van der Waals surface area contributed by atoms with E-state index in [2.05, 4.69) is 30.5 Å². The second-order valence-electron chi connectivity index (χ2n) is 6.35. The van der Waals surface area contributed by atoms with Crippen LogP contribution in [0.5, 0.6) is 0 Å². The highest BCUT2D eigenvalue weighted by Gasteiger charge is 2.22. The van der Waals surface area contributed by atoms with E-state index in [0.717, 1.165) is 0 Å². The van der Waals surface area contributed by atoms with Crippen LogP contribution in [-0.2, 0) is 0 Å². The summed E-state index contributed by atoms with van der Waals surface area (Å²) in [4.78, 5) is 25.8. The zero-order valence-electron chi connectivity index (χ0n) is 15.6. The molecule has 11 nitrogen and oxygen atoms in total. The Morgan fingerprint density at radius 3 is 2.77 bits per heavy atom. The largest absolute Gasteiger partial charge is 0.382 e. The normalized spacial score (nSPS) is 11.9. The van der Waals surface area contributed by atoms with Gasteiger partial charge in [0.2, 0.25) is 5.95 Å². The quantitative estimate of drug-likeness (QED) is 0.381. The van der Waals surface area contributed by atoms with E-state index < -0.39 is 6.04 Å². The molecule has 1 aromatic carbocycles. The number of benzene rings is 1. The molecule has 0 amide bonds. The van der Waals surface area contributed by atoms with E-state index in [1.54, 1.807) is 31.2 Å². The molecule has 0 aliphatic heterocycles. The monoisotopic (exact) mass is 422 g/mol. The Balaban J connectivity index is 1.92. The van der Waals surface area contributed by atoms with Crippen molar-refractivity contribution in [2.45, 2.75) is 13.0 Å². The molecule has 1 atom stereocenters. The lowest BCUT2D eigenvalue weighted by atomic mass is 10.2. The number of aromatic amines is 1. The summed E-state index contributed by atoms with van der Waals surface area (Å²) >= 11 is 6.26. The second kappa shape index (κ2) is 7.34. The number of anilines is 3. The molecule has 0 aliphatic rings. The molecule has 0 unspecified atom stereocenters. The van der Waals surface area contributed by atoms with Gasteiger partial charge in [-0.3, -0.25) is 9.89 Å². The Hall–Kier alpha value is -4.17. The number of nitrogen functional groups attached to an aromatic ring is 2. The van der Waals surface area contributed by atoms with Crippen LogP contribution in [0.1, 0.15) is 24.4 Å². The zero-order chi connectivity index (χ0) is 21.4. The highest BCUT2D eigenvalue weighted by atomic mass is 35.5. The van der Waals surface area contributed by atoms with E-state index >= 15 is 0 Å². The fourth-order valence-corrected chi connectivity index (χ4v) is 3.33. The summed E-state index contributed by atoms with van der Waals surface area (Å²) in [6, 6.07) is 8.01. The van der Waals surface area contributed by atoms with Gasteiger partial charge in [-0.2, -0.15) is 20.3 Å². The van der Waals surface area contributed by atoms with Crippen molar-refractivity contribution >= 4 is 40.1 Å². The van der Waals surface area contributed by atoms with Gasteiger partial charge < -0.3 is 16.8 Å². The van der Waals surface area contributed by atoms with Gasteiger partial charge in [0.25, 0.3) is 5.56 Å². The predicted molar refractivity (Wildman–Crippen MR) is 112 cm³/mol. The predicted octanol–water partition coefficient (Wildman–Crippen LogP) is 1.76. The van der Waals surface area contributed by atoms with Gasteiger partial charge >= 0.3 is 0 Å². The van der Waals surface area contributed by atoms with Gasteiger partial charge in [-0.1, -0.05) is 17.7 Å². The van der Waals surface area contributed by atoms with E-state index in [1.165, 1.54) is 10.8 Å². The third-order valence-electron chi connectivity index (χ3n) is 4.41. The second-order valence-corrected chi connectivity index (χ2v) is 6.76. The van der Waals surface area contributed by atoms with Crippen molar-refractivity contribution in [1.29, 1.82) is 5.26 Å². The summed E-state index contributed by atoms with van der Waals surface area (Å²) in [6.45, 7) is 1.75. The highest BCUT2D eigenvalue weighted by molar-refractivity contribution is 6.35. The Morgan fingerprint density at radius 1 is 1.27 bits per heavy atom. The van der Waals surface area contributed by atoms with Crippen LogP contribution in [0.4, 0.5) is 17.6 Å². The topological polar surface area (TPSA) is 177 Å². The van der Waals surface area contributed by atoms with Crippen LogP contribution < -0.4 is 22.3 Å². The lowest BCUT2D eigenvalue weighted by Crippen LogP contribution is -2.28. The lowest BCUT2D eigenvalue weighted by molar-refractivity contribution is 0.719. The fraction of sp³-hybridized carbons (Fsp3) is 0.111. The number of H-pyrrole nitrogens is 1. The molecular formula is C18H15ClN10O. The zero-order valence-corrected chi connectivity index (χ0v) is 16.3. The van der Waals surface area contributed by atoms with Crippen LogP contribution in [0, 0.1) is 11.3 Å². The first-order valence-electron chi connectivity index (χ1n) is 8.71. The highest BCUT2D eigenvalue weighted by Crippen LogP contribution is 2.26. The van der Waals surface area contributed by atoms with Crippen LogP contribution in [-0.4, -0.2) is 29.7 Å². The smallest absolute Gasteiger partial charge is 0.268 e. The minimum absolute atomic E-state index is 0.0373. The van der Waals surface area contributed by atoms with Crippen molar-refractivity contribution in [3.63, 3.8) is 0 Å². The van der Waals surface area contributed by atoms with Crippen molar-refractivity contribution in [2.75, 3.05) is 16.8 Å². The Bertz CT molecular complexity index is 1360. The molecule has 0 spiro atoms. The number of hydrogen-bond acceptors (Lipinski definition) is 9. The number of nitrogens with two attached hydrogens (primary N) is 2. The minimum atomic E-state index is -0.592. The molecule has 12 heteroatoms. The molecule has 0 bridgehead atoms. The molecule has 0 saturated heterocycles. The molecule has 3 aromatic heterocycles. The van der Waals surface area contributed by atoms with E-state index in [9.17, 15) is 10.1 Å². The standard InChI is InChI=1S/C18H15ClN10O/c1-8(24-15-9(7-20)14(21)26-18(22)27-15)16-25-11-4-2-3-10(19)13(11)17(30)29(16)12-5-6-23-28-12/h2-6,8H,1H3,(H,23,28)(H5,21,22,24,26,27)/t8-/m0/s1. The first-order valence-corrected chi connectivity index (χ1v) is 9.09. The molecule has 4 rings (SSSR count). The van der Waals surface area contributed by atoms with Crippen molar-refractivity contribution in [2.24, 2.45) is 0 Å². The van der Waals surface area contributed by atoms with E-state index in [1.807, 2.05) is 6.07 Å². The molecule has 0 fully saturated rings. The van der Waals surface area contributed by atoms with Gasteiger partial charge in [0.15, 0.2) is 5.82 Å². The summed E-state index contributed by atoms with van der Waals surface area (Å²) in [7, 11) is 0. The van der Waals surface area contributed by atoms with Crippen molar-refractivity contribution in [1.82, 2.24) is 29.7 Å². The molecule has 0 radical (unpaired) electrons. The van der Waals surface area contributed by atoms with Gasteiger partial charge in [0.05, 0.1) is 28.2 Å². The number of nitrogens with one attached hydrogen (secondary N) is 2. The molecular weight excluding hydrogens is 408 g/mol. The molecule has 150 valence electrons. The molecule has 4 aromatic rings. The molecule has 30 heavy (non-hydrogen) atoms. The van der Waals surface area contributed by atoms with E-state index in [0.29, 0.717) is 17.2 Å². The maximum atomic E-state index is 13.3. The van der Waals surface area contributed by atoms with Crippen LogP contribution in [0.15, 0.2) is 35.3 Å². The number of hydrogen-bond donors (Lipinski definition) is 4. The maximum Gasteiger partial charge on any atom is 0.268 e. The van der Waals surface area contributed by atoms with Crippen molar-refractivity contribution < 1.29 is 0 Å². The van der Waals surface area contributed by atoms with E-state index in [-0.39, 0.29) is 39.1 Å².